The molecule has 0 spiro atoms. The Morgan fingerprint density at radius 1 is 1.06 bits per heavy atom. The van der Waals surface area contributed by atoms with Gasteiger partial charge in [-0.25, -0.2) is 0 Å². The first-order valence-electron chi connectivity index (χ1n) is 10.3. The molecule has 2 N–H and O–H groups in total. The summed E-state index contributed by atoms with van der Waals surface area (Å²) in [5.41, 5.74) is 4.07. The summed E-state index contributed by atoms with van der Waals surface area (Å²) in [7, 11) is 0. The van der Waals surface area contributed by atoms with E-state index in [1.807, 2.05) is 67.6 Å². The number of Topliss-reactive ketones (excluding diaryl/α,β-unsaturated/α-hetero) is 1. The number of likely N-dealkylation sites (tertiary alicyclic amines) is 1. The number of aryl methyl sites for hydroxylation is 1. The summed E-state index contributed by atoms with van der Waals surface area (Å²) in [6, 6.07) is 18.1. The van der Waals surface area contributed by atoms with Crippen LogP contribution >= 0.6 is 0 Å². The maximum Gasteiger partial charge on any atom is 0.295 e. The quantitative estimate of drug-likeness (QED) is 0.288. The Labute approximate surface area is 184 Å². The number of hydrogen-bond donors (Lipinski definition) is 2. The van der Waals surface area contributed by atoms with Gasteiger partial charge >= 0.3 is 0 Å². The monoisotopic (exact) mass is 423 g/mol. The molecule has 5 rings (SSSR count). The lowest BCUT2D eigenvalue weighted by molar-refractivity contribution is -0.140. The normalized spacial score (nSPS) is 17.9. The second kappa shape index (κ2) is 7.81. The minimum Gasteiger partial charge on any atom is -0.507 e. The molecule has 1 aliphatic heterocycles. The fourth-order valence-corrected chi connectivity index (χ4v) is 4.33. The summed E-state index contributed by atoms with van der Waals surface area (Å²) in [5, 5.41) is 12.1. The van der Waals surface area contributed by atoms with Crippen LogP contribution in [0, 0.1) is 6.92 Å². The number of aromatic amines is 1. The molecule has 1 aliphatic rings. The summed E-state index contributed by atoms with van der Waals surface area (Å²) < 4.78 is 0. The van der Waals surface area contributed by atoms with Gasteiger partial charge in [-0.2, -0.15) is 0 Å². The zero-order valence-electron chi connectivity index (χ0n) is 17.4. The van der Waals surface area contributed by atoms with E-state index in [0.29, 0.717) is 5.56 Å². The highest BCUT2D eigenvalue weighted by atomic mass is 16.3. The number of aromatic nitrogens is 2. The Morgan fingerprint density at radius 3 is 2.62 bits per heavy atom. The van der Waals surface area contributed by atoms with Gasteiger partial charge in [0, 0.05) is 41.6 Å². The van der Waals surface area contributed by atoms with E-state index >= 15 is 0 Å². The molecule has 158 valence electrons. The van der Waals surface area contributed by atoms with Crippen LogP contribution in [0.2, 0.25) is 0 Å². The molecule has 0 saturated carbocycles. The van der Waals surface area contributed by atoms with E-state index in [9.17, 15) is 14.7 Å². The topological polar surface area (TPSA) is 86.3 Å². The third-order valence-corrected chi connectivity index (χ3v) is 5.84. The fourth-order valence-electron chi connectivity index (χ4n) is 4.33. The Kier molecular flexibility index (Phi) is 4.82. The van der Waals surface area contributed by atoms with Crippen molar-refractivity contribution >= 4 is 28.4 Å². The average molecular weight is 423 g/mol. The second-order valence-corrected chi connectivity index (χ2v) is 7.94. The highest BCUT2D eigenvalue weighted by Gasteiger charge is 2.46. The Morgan fingerprint density at radius 2 is 1.84 bits per heavy atom. The molecule has 1 fully saturated rings. The van der Waals surface area contributed by atoms with Gasteiger partial charge in [0.2, 0.25) is 0 Å². The van der Waals surface area contributed by atoms with Crippen LogP contribution in [0.1, 0.15) is 28.3 Å². The highest BCUT2D eigenvalue weighted by molar-refractivity contribution is 6.46. The molecule has 6 heteroatoms. The number of carbonyl (C=O) groups is 2. The fraction of sp³-hybridized carbons (Fsp3) is 0.115. The summed E-state index contributed by atoms with van der Waals surface area (Å²) in [6.45, 7) is 2.19. The predicted molar refractivity (Wildman–Crippen MR) is 122 cm³/mol. The van der Waals surface area contributed by atoms with Gasteiger partial charge in [0.1, 0.15) is 5.76 Å². The largest absolute Gasteiger partial charge is 0.507 e. The van der Waals surface area contributed by atoms with Crippen molar-refractivity contribution in [2.45, 2.75) is 19.5 Å². The number of aliphatic hydroxyl groups excluding tert-OH is 1. The predicted octanol–water partition coefficient (Wildman–Crippen LogP) is 4.49. The molecule has 1 saturated heterocycles. The molecule has 32 heavy (non-hydrogen) atoms. The SMILES string of the molecule is Cc1cccc(C2/C(=C(/O)c3c[nH]c4ccccc34)C(=O)C(=O)N2Cc2ccncc2)c1. The van der Waals surface area contributed by atoms with Crippen molar-refractivity contribution in [3.63, 3.8) is 0 Å². The van der Waals surface area contributed by atoms with E-state index in [2.05, 4.69) is 9.97 Å². The number of benzene rings is 2. The number of H-pyrrole nitrogens is 1. The van der Waals surface area contributed by atoms with Gasteiger partial charge in [-0.3, -0.25) is 14.6 Å². The molecule has 1 amide bonds. The van der Waals surface area contributed by atoms with Gasteiger partial charge in [0.15, 0.2) is 0 Å². The first kappa shape index (κ1) is 19.8. The van der Waals surface area contributed by atoms with E-state index in [4.69, 9.17) is 0 Å². The maximum absolute atomic E-state index is 13.2. The van der Waals surface area contributed by atoms with E-state index in [1.54, 1.807) is 18.6 Å². The highest BCUT2D eigenvalue weighted by Crippen LogP contribution is 2.41. The smallest absolute Gasteiger partial charge is 0.295 e. The number of pyridine rings is 1. The zero-order chi connectivity index (χ0) is 22.2. The molecular formula is C26H21N3O3. The van der Waals surface area contributed by atoms with Crippen molar-refractivity contribution in [2.24, 2.45) is 0 Å². The van der Waals surface area contributed by atoms with Crippen LogP contribution in [-0.2, 0) is 16.1 Å². The minimum atomic E-state index is -0.697. The van der Waals surface area contributed by atoms with E-state index in [0.717, 1.165) is 27.6 Å². The molecule has 0 bridgehead atoms. The molecule has 3 heterocycles. The summed E-state index contributed by atoms with van der Waals surface area (Å²) in [6.07, 6.45) is 4.97. The molecule has 1 atom stereocenters. The number of fused-ring (bicyclic) bond motifs is 1. The van der Waals surface area contributed by atoms with E-state index < -0.39 is 17.7 Å². The molecule has 0 aliphatic carbocycles. The van der Waals surface area contributed by atoms with Crippen LogP contribution in [0.25, 0.3) is 16.7 Å². The third-order valence-electron chi connectivity index (χ3n) is 5.84. The van der Waals surface area contributed by atoms with Gasteiger partial charge in [-0.15, -0.1) is 0 Å². The number of nitrogens with zero attached hydrogens (tertiary/aromatic N) is 2. The van der Waals surface area contributed by atoms with Crippen molar-refractivity contribution < 1.29 is 14.7 Å². The molecule has 4 aromatic rings. The van der Waals surface area contributed by atoms with Crippen molar-refractivity contribution in [1.82, 2.24) is 14.9 Å². The number of aliphatic hydroxyl groups is 1. The molecule has 1 unspecified atom stereocenters. The summed E-state index contributed by atoms with van der Waals surface area (Å²) in [5.74, 6) is -1.49. The molecule has 2 aromatic carbocycles. The number of nitrogens with one attached hydrogen (secondary N) is 1. The van der Waals surface area contributed by atoms with Gasteiger partial charge in [-0.1, -0.05) is 48.0 Å². The van der Waals surface area contributed by atoms with Gasteiger partial charge < -0.3 is 15.0 Å². The van der Waals surface area contributed by atoms with Crippen molar-refractivity contribution in [3.8, 4) is 0 Å². The van der Waals surface area contributed by atoms with Crippen LogP contribution in [-0.4, -0.2) is 31.7 Å². The first-order chi connectivity index (χ1) is 15.5. The summed E-state index contributed by atoms with van der Waals surface area (Å²) >= 11 is 0. The Bertz CT molecular complexity index is 1370. The second-order valence-electron chi connectivity index (χ2n) is 7.94. The van der Waals surface area contributed by atoms with E-state index in [-0.39, 0.29) is 17.9 Å². The van der Waals surface area contributed by atoms with Crippen LogP contribution in [0.15, 0.2) is 84.8 Å². The van der Waals surface area contributed by atoms with Crippen LogP contribution in [0.3, 0.4) is 0 Å². The number of carbonyl (C=O) groups excluding carboxylic acids is 2. The van der Waals surface area contributed by atoms with Crippen molar-refractivity contribution in [3.05, 3.63) is 107 Å². The molecular weight excluding hydrogens is 402 g/mol. The number of amides is 1. The van der Waals surface area contributed by atoms with Crippen LogP contribution < -0.4 is 0 Å². The van der Waals surface area contributed by atoms with Crippen molar-refractivity contribution in [1.29, 1.82) is 0 Å². The summed E-state index contributed by atoms with van der Waals surface area (Å²) in [4.78, 5) is 35.0. The Balaban J connectivity index is 1.70. The standard InChI is InChI=1S/C26H21N3O3/c1-16-5-4-6-18(13-16)23-22(24(30)20-14-28-21-8-3-2-7-19(20)21)25(31)26(32)29(23)15-17-9-11-27-12-10-17/h2-14,23,28,30H,15H2,1H3/b24-22-. The molecule has 6 nitrogen and oxygen atoms in total. The lowest BCUT2D eigenvalue weighted by atomic mass is 9.94. The van der Waals surface area contributed by atoms with Gasteiger partial charge in [0.05, 0.1) is 11.6 Å². The van der Waals surface area contributed by atoms with Crippen LogP contribution in [0.4, 0.5) is 0 Å². The number of ketones is 1. The maximum atomic E-state index is 13.2. The average Bonchev–Trinajstić information content (AvgIpc) is 3.34. The minimum absolute atomic E-state index is 0.0967. The van der Waals surface area contributed by atoms with Crippen molar-refractivity contribution in [2.75, 3.05) is 0 Å². The Hall–Kier alpha value is -4.19. The lowest BCUT2D eigenvalue weighted by Crippen LogP contribution is -2.29. The lowest BCUT2D eigenvalue weighted by Gasteiger charge is -2.25. The number of hydrogen-bond acceptors (Lipinski definition) is 4. The van der Waals surface area contributed by atoms with Crippen LogP contribution in [0.5, 0.6) is 0 Å². The third kappa shape index (κ3) is 3.26. The number of rotatable bonds is 4. The zero-order valence-corrected chi connectivity index (χ0v) is 17.4. The van der Waals surface area contributed by atoms with E-state index in [1.165, 1.54) is 4.90 Å². The van der Waals surface area contributed by atoms with Gasteiger partial charge in [0.25, 0.3) is 11.7 Å². The number of para-hydroxylation sites is 1. The van der Waals surface area contributed by atoms with Gasteiger partial charge in [-0.05, 0) is 36.2 Å². The molecule has 2 aromatic heterocycles. The first-order valence-corrected chi connectivity index (χ1v) is 10.3. The molecule has 0 radical (unpaired) electrons.